The molecule has 0 saturated carbocycles. The Labute approximate surface area is 86.0 Å². The minimum absolute atomic E-state index is 0.0614. The van der Waals surface area contributed by atoms with Crippen molar-refractivity contribution in [2.45, 2.75) is 21.9 Å². The molecular weight excluding hydrogens is 252 g/mol. The van der Waals surface area contributed by atoms with E-state index in [4.69, 9.17) is 0 Å². The fraction of sp³-hybridized carbons (Fsp3) is 0.333. The molecule has 2 unspecified atom stereocenters. The molecule has 4 heteroatoms. The Hall–Kier alpha value is -0.350. The summed E-state index contributed by atoms with van der Waals surface area (Å²) in [4.78, 5) is 0.415. The zero-order valence-electron chi connectivity index (χ0n) is 7.07. The van der Waals surface area contributed by atoms with Crippen LogP contribution < -0.4 is 0 Å². The van der Waals surface area contributed by atoms with Crippen LogP contribution in [0.1, 0.15) is 17.3 Å². The Morgan fingerprint density at radius 2 is 1.92 bits per heavy atom. The maximum atomic E-state index is 11.8. The van der Waals surface area contributed by atoms with Crippen LogP contribution in [-0.2, 0) is 9.84 Å². The molecule has 1 aliphatic heterocycles. The first-order valence-corrected chi connectivity index (χ1v) is 6.48. The molecule has 2 rings (SSSR count). The van der Waals surface area contributed by atoms with Gasteiger partial charge in [0.25, 0.3) is 0 Å². The van der Waals surface area contributed by atoms with Crippen LogP contribution in [0.4, 0.5) is 0 Å². The summed E-state index contributed by atoms with van der Waals surface area (Å²) in [6.45, 7) is 1.73. The van der Waals surface area contributed by atoms with Crippen LogP contribution in [0.2, 0.25) is 0 Å². The molecule has 0 amide bonds. The van der Waals surface area contributed by atoms with Crippen molar-refractivity contribution < 1.29 is 8.42 Å². The first kappa shape index (κ1) is 9.21. The van der Waals surface area contributed by atoms with Crippen LogP contribution >= 0.6 is 15.9 Å². The van der Waals surface area contributed by atoms with E-state index in [9.17, 15) is 8.42 Å². The summed E-state index contributed by atoms with van der Waals surface area (Å²) in [6, 6.07) is 7.15. The Kier molecular flexibility index (Phi) is 2.00. The molecule has 2 atom stereocenters. The Morgan fingerprint density at radius 1 is 1.31 bits per heavy atom. The summed E-state index contributed by atoms with van der Waals surface area (Å²) in [7, 11) is -3.08. The van der Waals surface area contributed by atoms with Gasteiger partial charge < -0.3 is 0 Å². The SMILES string of the molecule is CC1C(Br)c2ccccc2S1(=O)=O. The van der Waals surface area contributed by atoms with Gasteiger partial charge in [-0.2, -0.15) is 0 Å². The normalized spacial score (nSPS) is 30.0. The van der Waals surface area contributed by atoms with Crippen LogP contribution in [0.15, 0.2) is 29.2 Å². The van der Waals surface area contributed by atoms with Gasteiger partial charge in [0.15, 0.2) is 9.84 Å². The average Bonchev–Trinajstić information content (AvgIpc) is 2.30. The van der Waals surface area contributed by atoms with E-state index in [0.29, 0.717) is 4.90 Å². The number of hydrogen-bond donors (Lipinski definition) is 0. The molecule has 1 aliphatic rings. The number of fused-ring (bicyclic) bond motifs is 1. The molecule has 0 fully saturated rings. The second-order valence-corrected chi connectivity index (χ2v) is 6.45. The lowest BCUT2D eigenvalue weighted by atomic mass is 10.1. The van der Waals surface area contributed by atoms with Crippen molar-refractivity contribution in [3.05, 3.63) is 29.8 Å². The van der Waals surface area contributed by atoms with Gasteiger partial charge in [-0.1, -0.05) is 34.1 Å². The topological polar surface area (TPSA) is 34.1 Å². The Bertz CT molecular complexity index is 439. The summed E-state index contributed by atoms with van der Waals surface area (Å²) in [5.41, 5.74) is 0.884. The van der Waals surface area contributed by atoms with Crippen molar-refractivity contribution in [1.82, 2.24) is 0 Å². The van der Waals surface area contributed by atoms with Crippen molar-refractivity contribution in [3.63, 3.8) is 0 Å². The highest BCUT2D eigenvalue weighted by molar-refractivity contribution is 9.09. The number of alkyl halides is 1. The predicted molar refractivity (Wildman–Crippen MR) is 54.8 cm³/mol. The molecule has 70 valence electrons. The number of benzene rings is 1. The molecule has 0 radical (unpaired) electrons. The summed E-state index contributed by atoms with van der Waals surface area (Å²) >= 11 is 3.40. The molecule has 1 aromatic carbocycles. The molecule has 0 bridgehead atoms. The van der Waals surface area contributed by atoms with Crippen molar-refractivity contribution in [1.29, 1.82) is 0 Å². The van der Waals surface area contributed by atoms with Gasteiger partial charge in [0, 0.05) is 0 Å². The van der Waals surface area contributed by atoms with E-state index < -0.39 is 9.84 Å². The molecule has 0 saturated heterocycles. The van der Waals surface area contributed by atoms with E-state index in [0.717, 1.165) is 5.56 Å². The van der Waals surface area contributed by atoms with Gasteiger partial charge in [-0.05, 0) is 18.6 Å². The quantitative estimate of drug-likeness (QED) is 0.671. The van der Waals surface area contributed by atoms with Crippen LogP contribution in [0.5, 0.6) is 0 Å². The second kappa shape index (κ2) is 2.82. The molecule has 0 spiro atoms. The number of hydrogen-bond acceptors (Lipinski definition) is 2. The number of rotatable bonds is 0. The van der Waals surface area contributed by atoms with Gasteiger partial charge in [-0.3, -0.25) is 0 Å². The van der Waals surface area contributed by atoms with Crippen molar-refractivity contribution in [2.24, 2.45) is 0 Å². The molecule has 1 aromatic rings. The average molecular weight is 261 g/mol. The van der Waals surface area contributed by atoms with Crippen LogP contribution in [0.25, 0.3) is 0 Å². The lowest BCUT2D eigenvalue weighted by Gasteiger charge is -2.05. The minimum Gasteiger partial charge on any atom is -0.223 e. The fourth-order valence-electron chi connectivity index (χ4n) is 1.58. The maximum Gasteiger partial charge on any atom is 0.182 e. The van der Waals surface area contributed by atoms with Gasteiger partial charge in [-0.15, -0.1) is 0 Å². The van der Waals surface area contributed by atoms with E-state index in [2.05, 4.69) is 15.9 Å². The monoisotopic (exact) mass is 260 g/mol. The highest BCUT2D eigenvalue weighted by atomic mass is 79.9. The van der Waals surface area contributed by atoms with E-state index in [-0.39, 0.29) is 10.1 Å². The maximum absolute atomic E-state index is 11.8. The number of sulfone groups is 1. The minimum atomic E-state index is -3.08. The Morgan fingerprint density at radius 3 is 2.54 bits per heavy atom. The van der Waals surface area contributed by atoms with E-state index in [1.807, 2.05) is 12.1 Å². The summed E-state index contributed by atoms with van der Waals surface area (Å²) in [6.07, 6.45) is 0. The summed E-state index contributed by atoms with van der Waals surface area (Å²) in [5, 5.41) is -0.357. The zero-order valence-corrected chi connectivity index (χ0v) is 9.47. The zero-order chi connectivity index (χ0) is 9.64. The van der Waals surface area contributed by atoms with Gasteiger partial charge in [0.2, 0.25) is 0 Å². The summed E-state index contributed by atoms with van der Waals surface area (Å²) in [5.74, 6) is 0. The fourth-order valence-corrected chi connectivity index (χ4v) is 4.63. The lowest BCUT2D eigenvalue weighted by molar-refractivity contribution is 0.590. The Balaban J connectivity index is 2.76. The van der Waals surface area contributed by atoms with Gasteiger partial charge >= 0.3 is 0 Å². The van der Waals surface area contributed by atoms with Crippen molar-refractivity contribution in [2.75, 3.05) is 0 Å². The van der Waals surface area contributed by atoms with Crippen LogP contribution in [0.3, 0.4) is 0 Å². The second-order valence-electron chi connectivity index (χ2n) is 3.19. The highest BCUT2D eigenvalue weighted by Gasteiger charge is 2.40. The third kappa shape index (κ3) is 1.15. The molecule has 0 aromatic heterocycles. The molecule has 13 heavy (non-hydrogen) atoms. The summed E-state index contributed by atoms with van der Waals surface area (Å²) < 4.78 is 23.5. The highest BCUT2D eigenvalue weighted by Crippen LogP contribution is 2.43. The number of halogens is 1. The van der Waals surface area contributed by atoms with Gasteiger partial charge in [0.05, 0.1) is 15.0 Å². The molecule has 0 aliphatic carbocycles. The smallest absolute Gasteiger partial charge is 0.182 e. The first-order chi connectivity index (χ1) is 6.05. The van der Waals surface area contributed by atoms with E-state index >= 15 is 0 Å². The van der Waals surface area contributed by atoms with Crippen molar-refractivity contribution in [3.8, 4) is 0 Å². The standard InChI is InChI=1S/C9H9BrO2S/c1-6-9(10)7-4-2-3-5-8(7)13(6,11)12/h2-6,9H,1H3. The van der Waals surface area contributed by atoms with Crippen LogP contribution in [0, 0.1) is 0 Å². The first-order valence-electron chi connectivity index (χ1n) is 4.02. The molecule has 2 nitrogen and oxygen atoms in total. The van der Waals surface area contributed by atoms with E-state index in [1.54, 1.807) is 19.1 Å². The van der Waals surface area contributed by atoms with E-state index in [1.165, 1.54) is 0 Å². The molecule has 0 N–H and O–H groups in total. The van der Waals surface area contributed by atoms with Crippen LogP contribution in [-0.4, -0.2) is 13.7 Å². The van der Waals surface area contributed by atoms with Gasteiger partial charge in [0.1, 0.15) is 0 Å². The van der Waals surface area contributed by atoms with Crippen molar-refractivity contribution >= 4 is 25.8 Å². The van der Waals surface area contributed by atoms with Gasteiger partial charge in [-0.25, -0.2) is 8.42 Å². The third-order valence-electron chi connectivity index (χ3n) is 2.42. The molecule has 1 heterocycles. The predicted octanol–water partition coefficient (Wildman–Crippen LogP) is 2.30. The largest absolute Gasteiger partial charge is 0.223 e. The lowest BCUT2D eigenvalue weighted by Crippen LogP contribution is -2.13. The molecular formula is C9H9BrO2S. The third-order valence-corrected chi connectivity index (χ3v) is 6.30.